The van der Waals surface area contributed by atoms with Gasteiger partial charge < -0.3 is 10.2 Å². The van der Waals surface area contributed by atoms with Crippen molar-refractivity contribution in [3.63, 3.8) is 0 Å². The van der Waals surface area contributed by atoms with Crippen molar-refractivity contribution >= 4 is 23.2 Å². The molecule has 3 aromatic rings. The normalized spacial score (nSPS) is 10.6. The molecule has 0 bridgehead atoms. The number of amides is 2. The largest absolute Gasteiger partial charge is 0.321 e. The second kappa shape index (κ2) is 9.20. The van der Waals surface area contributed by atoms with Crippen molar-refractivity contribution in [1.82, 2.24) is 0 Å². The highest BCUT2D eigenvalue weighted by Gasteiger charge is 2.20. The van der Waals surface area contributed by atoms with E-state index in [-0.39, 0.29) is 11.8 Å². The van der Waals surface area contributed by atoms with Crippen LogP contribution in [-0.4, -0.2) is 18.4 Å². The highest BCUT2D eigenvalue weighted by molar-refractivity contribution is 6.13. The molecule has 0 spiro atoms. The standard InChI is InChI=1S/C25H26N2O2/c1-4-27(21-10-6-5-7-11-21)25(29)22-12-8-9-13-23(22)26-24(28)20-16-14-19(15-17-20)18(2)3/h5-18H,4H2,1-3H3,(H,26,28). The lowest BCUT2D eigenvalue weighted by Gasteiger charge is -2.22. The number of benzene rings is 3. The molecule has 0 atom stereocenters. The first-order valence-electron chi connectivity index (χ1n) is 9.88. The van der Waals surface area contributed by atoms with E-state index in [1.165, 1.54) is 5.56 Å². The minimum absolute atomic E-state index is 0.148. The third-order valence-corrected chi connectivity index (χ3v) is 4.87. The van der Waals surface area contributed by atoms with Crippen molar-refractivity contribution < 1.29 is 9.59 Å². The van der Waals surface area contributed by atoms with E-state index in [0.717, 1.165) is 5.69 Å². The van der Waals surface area contributed by atoms with Gasteiger partial charge in [-0.3, -0.25) is 9.59 Å². The Morgan fingerprint density at radius 1 is 0.862 bits per heavy atom. The molecule has 0 saturated heterocycles. The fraction of sp³-hybridized carbons (Fsp3) is 0.200. The van der Waals surface area contributed by atoms with Crippen LogP contribution in [0.4, 0.5) is 11.4 Å². The lowest BCUT2D eigenvalue weighted by atomic mass is 10.0. The van der Waals surface area contributed by atoms with Crippen LogP contribution in [0.5, 0.6) is 0 Å². The third kappa shape index (κ3) is 4.72. The topological polar surface area (TPSA) is 49.4 Å². The van der Waals surface area contributed by atoms with Gasteiger partial charge in [0.15, 0.2) is 0 Å². The molecule has 3 aromatic carbocycles. The van der Waals surface area contributed by atoms with Crippen LogP contribution >= 0.6 is 0 Å². The number of hydrogen-bond donors (Lipinski definition) is 1. The SMILES string of the molecule is CCN(C(=O)c1ccccc1NC(=O)c1ccc(C(C)C)cc1)c1ccccc1. The summed E-state index contributed by atoms with van der Waals surface area (Å²) in [6.45, 7) is 6.69. The summed E-state index contributed by atoms with van der Waals surface area (Å²) in [6, 6.07) is 24.2. The Hall–Kier alpha value is -3.40. The summed E-state index contributed by atoms with van der Waals surface area (Å²) in [5.74, 6) is 0.0246. The van der Waals surface area contributed by atoms with Gasteiger partial charge in [0.25, 0.3) is 11.8 Å². The predicted molar refractivity (Wildman–Crippen MR) is 119 cm³/mol. The van der Waals surface area contributed by atoms with Gasteiger partial charge in [-0.1, -0.05) is 56.3 Å². The van der Waals surface area contributed by atoms with Crippen LogP contribution in [0.2, 0.25) is 0 Å². The Morgan fingerprint density at radius 2 is 1.48 bits per heavy atom. The number of nitrogens with one attached hydrogen (secondary N) is 1. The molecule has 3 rings (SSSR count). The molecular formula is C25H26N2O2. The van der Waals surface area contributed by atoms with Gasteiger partial charge in [-0.15, -0.1) is 0 Å². The minimum Gasteiger partial charge on any atom is -0.321 e. The van der Waals surface area contributed by atoms with E-state index in [4.69, 9.17) is 0 Å². The summed E-state index contributed by atoms with van der Waals surface area (Å²) in [7, 11) is 0. The zero-order chi connectivity index (χ0) is 20.8. The van der Waals surface area contributed by atoms with E-state index >= 15 is 0 Å². The van der Waals surface area contributed by atoms with E-state index in [1.807, 2.05) is 67.6 Å². The molecule has 0 heterocycles. The van der Waals surface area contributed by atoms with Gasteiger partial charge in [0.1, 0.15) is 0 Å². The number of carbonyl (C=O) groups is 2. The van der Waals surface area contributed by atoms with Gasteiger partial charge in [-0.2, -0.15) is 0 Å². The fourth-order valence-corrected chi connectivity index (χ4v) is 3.19. The fourth-order valence-electron chi connectivity index (χ4n) is 3.19. The van der Waals surface area contributed by atoms with Crippen molar-refractivity contribution in [3.8, 4) is 0 Å². The van der Waals surface area contributed by atoms with Crippen LogP contribution < -0.4 is 10.2 Å². The Bertz CT molecular complexity index is 979. The predicted octanol–water partition coefficient (Wildman–Crippen LogP) is 5.73. The van der Waals surface area contributed by atoms with Gasteiger partial charge in [0.2, 0.25) is 0 Å². The average molecular weight is 386 g/mol. The first kappa shape index (κ1) is 20.3. The Labute approximate surface area is 172 Å². The molecule has 2 amide bonds. The van der Waals surface area contributed by atoms with Gasteiger partial charge in [-0.25, -0.2) is 0 Å². The number of nitrogens with zero attached hydrogens (tertiary/aromatic N) is 1. The van der Waals surface area contributed by atoms with E-state index in [0.29, 0.717) is 29.3 Å². The maximum absolute atomic E-state index is 13.2. The maximum atomic E-state index is 13.2. The number of rotatable bonds is 6. The molecule has 0 aliphatic heterocycles. The third-order valence-electron chi connectivity index (χ3n) is 4.87. The van der Waals surface area contributed by atoms with Crippen molar-refractivity contribution in [2.24, 2.45) is 0 Å². The summed E-state index contributed by atoms with van der Waals surface area (Å²) in [5, 5.41) is 2.90. The molecule has 0 aliphatic carbocycles. The Balaban J connectivity index is 1.85. The molecule has 4 nitrogen and oxygen atoms in total. The highest BCUT2D eigenvalue weighted by Crippen LogP contribution is 2.23. The van der Waals surface area contributed by atoms with Crippen molar-refractivity contribution in [2.45, 2.75) is 26.7 Å². The summed E-state index contributed by atoms with van der Waals surface area (Å²) in [6.07, 6.45) is 0. The molecule has 0 radical (unpaired) electrons. The lowest BCUT2D eigenvalue weighted by molar-refractivity contribution is 0.0989. The zero-order valence-electron chi connectivity index (χ0n) is 17.1. The summed E-state index contributed by atoms with van der Waals surface area (Å²) in [5.41, 5.74) is 3.53. The number of para-hydroxylation sites is 2. The molecule has 148 valence electrons. The van der Waals surface area contributed by atoms with Crippen LogP contribution in [0.3, 0.4) is 0 Å². The lowest BCUT2D eigenvalue weighted by Crippen LogP contribution is -2.31. The average Bonchev–Trinajstić information content (AvgIpc) is 2.75. The molecular weight excluding hydrogens is 360 g/mol. The molecule has 29 heavy (non-hydrogen) atoms. The first-order chi connectivity index (χ1) is 14.0. The van der Waals surface area contributed by atoms with Crippen LogP contribution in [0, 0.1) is 0 Å². The Kier molecular flexibility index (Phi) is 6.45. The monoisotopic (exact) mass is 386 g/mol. The van der Waals surface area contributed by atoms with E-state index < -0.39 is 0 Å². The molecule has 0 saturated carbocycles. The van der Waals surface area contributed by atoms with Crippen LogP contribution in [0.1, 0.15) is 53.0 Å². The van der Waals surface area contributed by atoms with E-state index in [9.17, 15) is 9.59 Å². The number of anilines is 2. The number of carbonyl (C=O) groups excluding carboxylic acids is 2. The quantitative estimate of drug-likeness (QED) is 0.588. The van der Waals surface area contributed by atoms with Crippen molar-refractivity contribution in [3.05, 3.63) is 95.6 Å². The Morgan fingerprint density at radius 3 is 2.10 bits per heavy atom. The minimum atomic E-state index is -0.233. The first-order valence-corrected chi connectivity index (χ1v) is 9.88. The molecule has 0 fully saturated rings. The zero-order valence-corrected chi connectivity index (χ0v) is 17.1. The second-order valence-corrected chi connectivity index (χ2v) is 7.16. The summed E-state index contributed by atoms with van der Waals surface area (Å²) >= 11 is 0. The van der Waals surface area contributed by atoms with Crippen molar-refractivity contribution in [1.29, 1.82) is 0 Å². The van der Waals surface area contributed by atoms with Gasteiger partial charge in [0.05, 0.1) is 11.3 Å². The van der Waals surface area contributed by atoms with Gasteiger partial charge in [-0.05, 0) is 54.8 Å². The molecule has 0 aliphatic rings. The van der Waals surface area contributed by atoms with Crippen molar-refractivity contribution in [2.75, 3.05) is 16.8 Å². The smallest absolute Gasteiger partial charge is 0.260 e. The molecule has 0 aromatic heterocycles. The highest BCUT2D eigenvalue weighted by atomic mass is 16.2. The maximum Gasteiger partial charge on any atom is 0.260 e. The summed E-state index contributed by atoms with van der Waals surface area (Å²) < 4.78 is 0. The van der Waals surface area contributed by atoms with E-state index in [1.54, 1.807) is 23.1 Å². The molecule has 1 N–H and O–H groups in total. The second-order valence-electron chi connectivity index (χ2n) is 7.16. The van der Waals surface area contributed by atoms with Gasteiger partial charge in [0, 0.05) is 17.8 Å². The summed E-state index contributed by atoms with van der Waals surface area (Å²) in [4.78, 5) is 27.6. The molecule has 0 unspecified atom stereocenters. The number of hydrogen-bond acceptors (Lipinski definition) is 2. The van der Waals surface area contributed by atoms with Crippen LogP contribution in [0.15, 0.2) is 78.9 Å². The molecule has 4 heteroatoms. The van der Waals surface area contributed by atoms with Gasteiger partial charge >= 0.3 is 0 Å². The van der Waals surface area contributed by atoms with Crippen LogP contribution in [-0.2, 0) is 0 Å². The van der Waals surface area contributed by atoms with E-state index in [2.05, 4.69) is 19.2 Å². The van der Waals surface area contributed by atoms with Crippen LogP contribution in [0.25, 0.3) is 0 Å².